The number of Topliss-reactive ketones (excluding diaryl/α,β-unsaturated/α-hetero) is 1. The Kier molecular flexibility index (Phi) is 8.45. The maximum atomic E-state index is 14.5. The van der Waals surface area contributed by atoms with Gasteiger partial charge in [-0.15, -0.1) is 0 Å². The first-order valence-corrected chi connectivity index (χ1v) is 16.5. The lowest BCUT2D eigenvalue weighted by atomic mass is 9.44. The number of aliphatic hydroxyl groups excluding tert-OH is 3. The fourth-order valence-electron chi connectivity index (χ4n) is 8.88. The van der Waals surface area contributed by atoms with Crippen LogP contribution in [0.1, 0.15) is 70.7 Å². The Morgan fingerprint density at radius 2 is 1.69 bits per heavy atom. The van der Waals surface area contributed by atoms with Gasteiger partial charge < -0.3 is 45.1 Å². The molecule has 11 atom stereocenters. The standard InChI is InChI=1S/C35H45NO12/c1-16-20(47-31(43)26(40)24(18-11-12-18)36-17(2)37)14-35(45)29(48-30(42)19-9-7-6-8-10-19)27-33(5,21(38)13-22-34(27,44)15-46-22)28(41)25(39)23(16)32(35,3)4/h6-10,18,20-22,24-27,29,38-40,44-45H,11-15H2,1-5H3,(H,36,37)/t20?,21?,22?,24?,25?,26?,27?,29?,33-,34+,35?/m1/s1. The maximum Gasteiger partial charge on any atom is 0.338 e. The second-order valence-corrected chi connectivity index (χ2v) is 15.0. The van der Waals surface area contributed by atoms with Crippen LogP contribution >= 0.6 is 0 Å². The third-order valence-electron chi connectivity index (χ3n) is 12.0. The van der Waals surface area contributed by atoms with Crippen LogP contribution in [0.15, 0.2) is 41.5 Å². The van der Waals surface area contributed by atoms with Gasteiger partial charge in [0.25, 0.3) is 0 Å². The highest BCUT2D eigenvalue weighted by Gasteiger charge is 2.76. The Balaban J connectivity index is 1.49. The van der Waals surface area contributed by atoms with E-state index in [0.717, 1.165) is 0 Å². The number of carbonyl (C=O) groups is 4. The number of ketones is 1. The first-order valence-electron chi connectivity index (χ1n) is 16.5. The highest BCUT2D eigenvalue weighted by molar-refractivity contribution is 5.94. The zero-order valence-electron chi connectivity index (χ0n) is 27.7. The number of hydrogen-bond acceptors (Lipinski definition) is 12. The number of benzene rings is 1. The topological polar surface area (TPSA) is 209 Å². The summed E-state index contributed by atoms with van der Waals surface area (Å²) in [6.45, 7) is 7.05. The smallest absolute Gasteiger partial charge is 0.338 e. The van der Waals surface area contributed by atoms with Crippen molar-refractivity contribution >= 4 is 23.6 Å². The SMILES string of the molecule is CC(=O)NC(C1CC1)C(O)C(=O)OC1CC2(O)C(OC(=O)c3ccccc3)C3[C@]4(O)COC4CC(O)[C@@]3(C)C(=O)C(O)C(=C1C)C2(C)C. The summed E-state index contributed by atoms with van der Waals surface area (Å²) in [7, 11) is 0. The third-order valence-corrected chi connectivity index (χ3v) is 12.0. The molecule has 9 unspecified atom stereocenters. The number of ether oxygens (including phenoxy) is 3. The number of fused-ring (bicyclic) bond motifs is 5. The second-order valence-electron chi connectivity index (χ2n) is 15.0. The first-order chi connectivity index (χ1) is 22.4. The summed E-state index contributed by atoms with van der Waals surface area (Å²) in [5.74, 6) is -4.88. The molecule has 262 valence electrons. The molecule has 48 heavy (non-hydrogen) atoms. The van der Waals surface area contributed by atoms with Crippen molar-refractivity contribution in [3.8, 4) is 0 Å². The minimum Gasteiger partial charge on any atom is -0.456 e. The molecule has 13 nitrogen and oxygen atoms in total. The summed E-state index contributed by atoms with van der Waals surface area (Å²) in [5, 5.41) is 62.3. The highest BCUT2D eigenvalue weighted by Crippen LogP contribution is 2.63. The van der Waals surface area contributed by atoms with Crippen LogP contribution in [0.3, 0.4) is 0 Å². The number of amides is 1. The van der Waals surface area contributed by atoms with Gasteiger partial charge in [-0.1, -0.05) is 32.0 Å². The quantitative estimate of drug-likeness (QED) is 0.171. The minimum atomic E-state index is -2.24. The van der Waals surface area contributed by atoms with Gasteiger partial charge in [0, 0.05) is 31.1 Å². The molecule has 4 aliphatic carbocycles. The van der Waals surface area contributed by atoms with E-state index >= 15 is 0 Å². The van der Waals surface area contributed by atoms with E-state index in [1.807, 2.05) is 0 Å². The van der Waals surface area contributed by atoms with Crippen LogP contribution in [-0.4, -0.2) is 110 Å². The minimum absolute atomic E-state index is 0.000696. The maximum absolute atomic E-state index is 14.5. The molecule has 1 aliphatic heterocycles. The van der Waals surface area contributed by atoms with Crippen molar-refractivity contribution in [1.29, 1.82) is 0 Å². The fraction of sp³-hybridized carbons (Fsp3) is 0.657. The second kappa shape index (κ2) is 11.7. The number of rotatable bonds is 7. The van der Waals surface area contributed by atoms with Crippen molar-refractivity contribution < 1.29 is 58.9 Å². The number of nitrogens with one attached hydrogen (secondary N) is 1. The fourth-order valence-corrected chi connectivity index (χ4v) is 8.88. The molecule has 1 saturated heterocycles. The van der Waals surface area contributed by atoms with E-state index < -0.39 is 101 Å². The van der Waals surface area contributed by atoms with Gasteiger partial charge in [-0.3, -0.25) is 9.59 Å². The van der Waals surface area contributed by atoms with Crippen LogP contribution in [0.25, 0.3) is 0 Å². The van der Waals surface area contributed by atoms with Crippen molar-refractivity contribution in [2.24, 2.45) is 22.7 Å². The Bertz CT molecular complexity index is 1540. The lowest BCUT2D eigenvalue weighted by Crippen LogP contribution is -2.81. The molecule has 5 aliphatic rings. The summed E-state index contributed by atoms with van der Waals surface area (Å²) in [6.07, 6.45) is -8.33. The van der Waals surface area contributed by atoms with Gasteiger partial charge in [-0.2, -0.15) is 0 Å². The van der Waals surface area contributed by atoms with Crippen molar-refractivity contribution in [1.82, 2.24) is 5.32 Å². The molecule has 0 aromatic heterocycles. The summed E-state index contributed by atoms with van der Waals surface area (Å²) in [6, 6.07) is 7.03. The van der Waals surface area contributed by atoms with E-state index in [1.54, 1.807) is 32.0 Å². The van der Waals surface area contributed by atoms with Crippen LogP contribution in [0.4, 0.5) is 0 Å². The van der Waals surface area contributed by atoms with Crippen LogP contribution in [0.2, 0.25) is 0 Å². The van der Waals surface area contributed by atoms with Gasteiger partial charge in [-0.25, -0.2) is 9.59 Å². The number of aliphatic hydroxyl groups is 5. The van der Waals surface area contributed by atoms with E-state index in [2.05, 4.69) is 5.32 Å². The predicted octanol–water partition coefficient (Wildman–Crippen LogP) is 0.338. The van der Waals surface area contributed by atoms with E-state index in [0.29, 0.717) is 12.8 Å². The number of hydrogen-bond donors (Lipinski definition) is 6. The molecule has 6 rings (SSSR count). The molecule has 0 spiro atoms. The number of carbonyl (C=O) groups excluding carboxylic acids is 4. The van der Waals surface area contributed by atoms with Gasteiger partial charge in [0.1, 0.15) is 29.5 Å². The molecule has 0 radical (unpaired) electrons. The summed E-state index contributed by atoms with van der Waals surface area (Å²) >= 11 is 0. The molecular weight excluding hydrogens is 626 g/mol. The van der Waals surface area contributed by atoms with Crippen molar-refractivity contribution in [2.75, 3.05) is 6.61 Å². The van der Waals surface area contributed by atoms with Gasteiger partial charge in [0.2, 0.25) is 5.91 Å². The highest BCUT2D eigenvalue weighted by atomic mass is 16.6. The number of esters is 2. The van der Waals surface area contributed by atoms with E-state index in [1.165, 1.54) is 32.9 Å². The molecule has 13 heteroatoms. The Morgan fingerprint density at radius 1 is 1.04 bits per heavy atom. The molecule has 6 N–H and O–H groups in total. The molecule has 1 aromatic carbocycles. The molecule has 3 saturated carbocycles. The normalized spacial score (nSPS) is 39.8. The molecule has 2 bridgehead atoms. The van der Waals surface area contributed by atoms with Crippen LogP contribution in [0, 0.1) is 22.7 Å². The van der Waals surface area contributed by atoms with Crippen molar-refractivity contribution in [3.05, 3.63) is 47.0 Å². The average molecular weight is 672 g/mol. The largest absolute Gasteiger partial charge is 0.456 e. The molecule has 1 heterocycles. The van der Waals surface area contributed by atoms with Gasteiger partial charge in [0.15, 0.2) is 11.9 Å². The average Bonchev–Trinajstić information content (AvgIpc) is 3.87. The zero-order valence-corrected chi connectivity index (χ0v) is 27.7. The monoisotopic (exact) mass is 671 g/mol. The van der Waals surface area contributed by atoms with Crippen LogP contribution in [-0.2, 0) is 28.6 Å². The first kappa shape index (κ1) is 34.7. The van der Waals surface area contributed by atoms with Crippen LogP contribution < -0.4 is 5.32 Å². The lowest BCUT2D eigenvalue weighted by Gasteiger charge is -2.66. The van der Waals surface area contributed by atoms with Crippen LogP contribution in [0.5, 0.6) is 0 Å². The van der Waals surface area contributed by atoms with E-state index in [4.69, 9.17) is 14.2 Å². The van der Waals surface area contributed by atoms with Crippen molar-refractivity contribution in [2.45, 2.75) is 114 Å². The molecule has 1 aromatic rings. The summed E-state index contributed by atoms with van der Waals surface area (Å²) in [5.41, 5.74) is -7.21. The summed E-state index contributed by atoms with van der Waals surface area (Å²) in [4.78, 5) is 53.6. The van der Waals surface area contributed by atoms with E-state index in [-0.39, 0.29) is 35.7 Å². The van der Waals surface area contributed by atoms with Gasteiger partial charge >= 0.3 is 11.9 Å². The van der Waals surface area contributed by atoms with Gasteiger partial charge in [-0.05, 0) is 55.9 Å². The van der Waals surface area contributed by atoms with Crippen molar-refractivity contribution in [3.63, 3.8) is 0 Å². The molecule has 1 amide bonds. The van der Waals surface area contributed by atoms with Gasteiger partial charge in [0.05, 0.1) is 35.8 Å². The predicted molar refractivity (Wildman–Crippen MR) is 166 cm³/mol. The third kappa shape index (κ3) is 5.04. The molecule has 4 fully saturated rings. The lowest BCUT2D eigenvalue weighted by molar-refractivity contribution is -0.343. The Hall–Kier alpha value is -3.20. The Labute approximate surface area is 278 Å². The summed E-state index contributed by atoms with van der Waals surface area (Å²) < 4.78 is 17.6. The van der Waals surface area contributed by atoms with E-state index in [9.17, 15) is 44.7 Å². The Morgan fingerprint density at radius 3 is 2.25 bits per heavy atom. The molecular formula is C35H45NO12. The zero-order chi connectivity index (χ0) is 35.1.